The molecule has 3 nitrogen and oxygen atoms in total. The van der Waals surface area contributed by atoms with E-state index in [1.165, 1.54) is 27.9 Å². The normalized spacial score (nSPS) is 19.6. The molecule has 0 bridgehead atoms. The number of aromatic nitrogens is 2. The number of halogens is 1. The maximum absolute atomic E-state index is 4.74. The number of nitrogens with zero attached hydrogens (tertiary/aromatic N) is 2. The first kappa shape index (κ1) is 13.4. The fourth-order valence-corrected chi connectivity index (χ4v) is 3.98. The fourth-order valence-electron chi connectivity index (χ4n) is 1.96. The maximum Gasteiger partial charge on any atom is 0.144 e. The topological polar surface area (TPSA) is 37.8 Å². The van der Waals surface area contributed by atoms with Gasteiger partial charge in [0.05, 0.1) is 14.5 Å². The number of hydrogen-bond donors (Lipinski definition) is 1. The van der Waals surface area contributed by atoms with Gasteiger partial charge in [-0.15, -0.1) is 0 Å². The van der Waals surface area contributed by atoms with E-state index in [0.717, 1.165) is 24.6 Å². The van der Waals surface area contributed by atoms with Crippen molar-refractivity contribution < 1.29 is 0 Å². The van der Waals surface area contributed by atoms with Gasteiger partial charge in [-0.2, -0.15) is 11.8 Å². The van der Waals surface area contributed by atoms with Crippen molar-refractivity contribution in [2.24, 2.45) is 0 Å². The van der Waals surface area contributed by atoms with E-state index in [2.05, 4.69) is 41.8 Å². The molecule has 5 heteroatoms. The van der Waals surface area contributed by atoms with E-state index in [4.69, 9.17) is 9.97 Å². The summed E-state index contributed by atoms with van der Waals surface area (Å²) in [6.07, 6.45) is 3.49. The smallest absolute Gasteiger partial charge is 0.144 e. The van der Waals surface area contributed by atoms with Gasteiger partial charge in [0.1, 0.15) is 11.6 Å². The van der Waals surface area contributed by atoms with Gasteiger partial charge in [0.15, 0.2) is 0 Å². The van der Waals surface area contributed by atoms with Gasteiger partial charge in [0.25, 0.3) is 0 Å². The lowest BCUT2D eigenvalue weighted by molar-refractivity contribution is 0.764. The average molecular weight is 363 g/mol. The van der Waals surface area contributed by atoms with Crippen LogP contribution in [0.25, 0.3) is 0 Å². The van der Waals surface area contributed by atoms with Crippen molar-refractivity contribution in [3.05, 3.63) is 15.1 Å². The van der Waals surface area contributed by atoms with Crippen LogP contribution in [0.3, 0.4) is 0 Å². The number of aryl methyl sites for hydroxylation is 1. The molecule has 0 saturated carbocycles. The molecule has 1 unspecified atom stereocenters. The summed E-state index contributed by atoms with van der Waals surface area (Å²) in [5.74, 6) is 3.29. The molecule has 17 heavy (non-hydrogen) atoms. The van der Waals surface area contributed by atoms with Gasteiger partial charge in [0, 0.05) is 6.54 Å². The van der Waals surface area contributed by atoms with Gasteiger partial charge < -0.3 is 5.32 Å². The zero-order valence-electron chi connectivity index (χ0n) is 10.3. The number of hydrogen-bond acceptors (Lipinski definition) is 4. The van der Waals surface area contributed by atoms with E-state index in [0.29, 0.717) is 5.25 Å². The van der Waals surface area contributed by atoms with E-state index in [1.54, 1.807) is 0 Å². The van der Waals surface area contributed by atoms with E-state index >= 15 is 0 Å². The minimum absolute atomic E-state index is 0.509. The second kappa shape index (κ2) is 6.22. The Balaban J connectivity index is 2.35. The summed E-state index contributed by atoms with van der Waals surface area (Å²) >= 11 is 4.34. The molecule has 1 atom stereocenters. The Morgan fingerprint density at radius 2 is 2.24 bits per heavy atom. The number of nitrogens with one attached hydrogen (secondary N) is 1. The van der Waals surface area contributed by atoms with Crippen LogP contribution in [0.1, 0.15) is 43.5 Å². The van der Waals surface area contributed by atoms with Crippen LogP contribution >= 0.6 is 34.4 Å². The van der Waals surface area contributed by atoms with Gasteiger partial charge in [-0.3, -0.25) is 0 Å². The lowest BCUT2D eigenvalue weighted by Crippen LogP contribution is -2.10. The molecule has 1 aliphatic heterocycles. The molecule has 1 aromatic rings. The summed E-state index contributed by atoms with van der Waals surface area (Å²) < 4.78 is 1.18. The van der Waals surface area contributed by atoms with Gasteiger partial charge >= 0.3 is 0 Å². The molecule has 94 valence electrons. The summed E-state index contributed by atoms with van der Waals surface area (Å²) in [6.45, 7) is 5.17. The quantitative estimate of drug-likeness (QED) is 0.829. The highest BCUT2D eigenvalue weighted by Gasteiger charge is 2.22. The molecule has 0 radical (unpaired) electrons. The van der Waals surface area contributed by atoms with E-state index in [9.17, 15) is 0 Å². The van der Waals surface area contributed by atoms with Crippen molar-refractivity contribution in [3.63, 3.8) is 0 Å². The third-order valence-corrected chi connectivity index (χ3v) is 5.34. The summed E-state index contributed by atoms with van der Waals surface area (Å²) in [5, 5.41) is 3.86. The largest absolute Gasteiger partial charge is 0.369 e. The first-order chi connectivity index (χ1) is 8.26. The molecule has 0 amide bonds. The predicted octanol–water partition coefficient (Wildman–Crippen LogP) is 3.64. The Morgan fingerprint density at radius 1 is 1.41 bits per heavy atom. The summed E-state index contributed by atoms with van der Waals surface area (Å²) in [5.41, 5.74) is 1.18. The Hall–Kier alpha value is -0.0400. The fraction of sp³-hybridized carbons (Fsp3) is 0.667. The molecule has 2 heterocycles. The molecule has 1 N–H and O–H groups in total. The standard InChI is InChI=1S/C12H18IN3S/c1-3-8-10(13)12(14-4-2)16-11(15-8)9-6-5-7-17-9/h9H,3-7H2,1-2H3,(H,14,15,16). The zero-order valence-corrected chi connectivity index (χ0v) is 13.3. The van der Waals surface area contributed by atoms with Crippen LogP contribution in [0.4, 0.5) is 5.82 Å². The molecule has 1 aliphatic rings. The Bertz CT molecular complexity index is 392. The Labute approximate surface area is 121 Å². The van der Waals surface area contributed by atoms with E-state index in [-0.39, 0.29) is 0 Å². The van der Waals surface area contributed by atoms with Crippen LogP contribution in [0, 0.1) is 3.57 Å². The van der Waals surface area contributed by atoms with Crippen LogP contribution in [-0.2, 0) is 6.42 Å². The first-order valence-corrected chi connectivity index (χ1v) is 8.30. The Morgan fingerprint density at radius 3 is 2.82 bits per heavy atom. The molecule has 0 aromatic carbocycles. The Kier molecular flexibility index (Phi) is 4.90. The maximum atomic E-state index is 4.74. The highest BCUT2D eigenvalue weighted by molar-refractivity contribution is 14.1. The van der Waals surface area contributed by atoms with Crippen molar-refractivity contribution in [2.45, 2.75) is 38.4 Å². The third-order valence-electron chi connectivity index (χ3n) is 2.83. The van der Waals surface area contributed by atoms with Crippen LogP contribution < -0.4 is 5.32 Å². The molecule has 1 fully saturated rings. The van der Waals surface area contributed by atoms with Crippen molar-refractivity contribution >= 4 is 40.2 Å². The minimum Gasteiger partial charge on any atom is -0.369 e. The number of anilines is 1. The average Bonchev–Trinajstić information content (AvgIpc) is 2.85. The zero-order chi connectivity index (χ0) is 12.3. The molecule has 0 spiro atoms. The summed E-state index contributed by atoms with van der Waals surface area (Å²) in [6, 6.07) is 0. The number of thioether (sulfide) groups is 1. The van der Waals surface area contributed by atoms with Gasteiger partial charge in [-0.05, 0) is 54.5 Å². The van der Waals surface area contributed by atoms with E-state index in [1.807, 2.05) is 11.8 Å². The monoisotopic (exact) mass is 363 g/mol. The molecular formula is C12H18IN3S. The molecule has 2 rings (SSSR count). The lowest BCUT2D eigenvalue weighted by Gasteiger charge is -2.14. The van der Waals surface area contributed by atoms with Gasteiger partial charge in [0.2, 0.25) is 0 Å². The van der Waals surface area contributed by atoms with Crippen molar-refractivity contribution in [2.75, 3.05) is 17.6 Å². The highest BCUT2D eigenvalue weighted by Crippen LogP contribution is 2.39. The predicted molar refractivity (Wildman–Crippen MR) is 82.7 cm³/mol. The van der Waals surface area contributed by atoms with Crippen LogP contribution in [0.2, 0.25) is 0 Å². The van der Waals surface area contributed by atoms with Crippen LogP contribution in [0.5, 0.6) is 0 Å². The van der Waals surface area contributed by atoms with Crippen molar-refractivity contribution in [3.8, 4) is 0 Å². The first-order valence-electron chi connectivity index (χ1n) is 6.18. The van der Waals surface area contributed by atoms with Crippen LogP contribution in [0.15, 0.2) is 0 Å². The molecule has 1 aromatic heterocycles. The van der Waals surface area contributed by atoms with Gasteiger partial charge in [-0.25, -0.2) is 9.97 Å². The van der Waals surface area contributed by atoms with Gasteiger partial charge in [-0.1, -0.05) is 6.92 Å². The summed E-state index contributed by atoms with van der Waals surface area (Å²) in [4.78, 5) is 9.44. The molecule has 1 saturated heterocycles. The van der Waals surface area contributed by atoms with Crippen molar-refractivity contribution in [1.82, 2.24) is 9.97 Å². The number of rotatable bonds is 4. The van der Waals surface area contributed by atoms with Crippen molar-refractivity contribution in [1.29, 1.82) is 0 Å². The minimum atomic E-state index is 0.509. The molecule has 0 aliphatic carbocycles. The van der Waals surface area contributed by atoms with Crippen LogP contribution in [-0.4, -0.2) is 22.3 Å². The lowest BCUT2D eigenvalue weighted by atomic mass is 10.2. The second-order valence-corrected chi connectivity index (χ2v) is 6.47. The molecular weight excluding hydrogens is 345 g/mol. The summed E-state index contributed by atoms with van der Waals surface area (Å²) in [7, 11) is 0. The second-order valence-electron chi connectivity index (χ2n) is 4.08. The third kappa shape index (κ3) is 3.05. The van der Waals surface area contributed by atoms with E-state index < -0.39 is 0 Å². The SMILES string of the molecule is CCNc1nc(C2CCCS2)nc(CC)c1I. The highest BCUT2D eigenvalue weighted by atomic mass is 127.